The fraction of sp³-hybridized carbons (Fsp3) is 0. The topological polar surface area (TPSA) is 155 Å². The van der Waals surface area contributed by atoms with E-state index in [1.54, 1.807) is 48.5 Å². The van der Waals surface area contributed by atoms with Crippen molar-refractivity contribution in [1.29, 1.82) is 0 Å². The predicted octanol–water partition coefficient (Wildman–Crippen LogP) is 0.716. The third-order valence-electron chi connectivity index (χ3n) is 2.67. The van der Waals surface area contributed by atoms with E-state index in [9.17, 15) is 4.79 Å². The van der Waals surface area contributed by atoms with E-state index in [4.69, 9.17) is 27.7 Å². The maximum absolute atomic E-state index is 12.0. The molecule has 0 aliphatic heterocycles. The second-order valence-corrected chi connectivity index (χ2v) is 4.50. The van der Waals surface area contributed by atoms with Gasteiger partial charge in [0.15, 0.2) is 11.9 Å². The maximum Gasteiger partial charge on any atom is 0.343 e. The molecule has 8 heteroatoms. The number of esters is 1. The molecule has 8 N–H and O–H groups in total. The Balaban J connectivity index is 2.06. The number of rotatable bonds is 4. The zero-order valence-electron chi connectivity index (χ0n) is 12.1. The number of nitrogens with zero attached hydrogens (tertiary/aromatic N) is 2. The largest absolute Gasteiger partial charge is 0.423 e. The van der Waals surface area contributed by atoms with Crippen molar-refractivity contribution in [3.63, 3.8) is 0 Å². The molecule has 0 atom stereocenters. The lowest BCUT2D eigenvalue weighted by molar-refractivity contribution is 0.0735. The van der Waals surface area contributed by atoms with Crippen LogP contribution in [0.2, 0.25) is 0 Å². The van der Waals surface area contributed by atoms with Crippen LogP contribution in [0, 0.1) is 0 Å². The van der Waals surface area contributed by atoms with Gasteiger partial charge in [0.1, 0.15) is 5.75 Å². The summed E-state index contributed by atoms with van der Waals surface area (Å²) < 4.78 is 5.25. The van der Waals surface area contributed by atoms with Gasteiger partial charge in [-0.05, 0) is 48.5 Å². The molecule has 0 amide bonds. The Labute approximate surface area is 132 Å². The van der Waals surface area contributed by atoms with Crippen LogP contribution >= 0.6 is 0 Å². The van der Waals surface area contributed by atoms with Crippen LogP contribution in [-0.2, 0) is 0 Å². The Morgan fingerprint density at radius 1 is 0.739 bits per heavy atom. The van der Waals surface area contributed by atoms with Gasteiger partial charge in [-0.3, -0.25) is 0 Å². The van der Waals surface area contributed by atoms with Gasteiger partial charge in [-0.2, -0.15) is 0 Å². The smallest absolute Gasteiger partial charge is 0.343 e. The summed E-state index contributed by atoms with van der Waals surface area (Å²) in [5, 5.41) is 0. The predicted molar refractivity (Wildman–Crippen MR) is 88.8 cm³/mol. The first kappa shape index (κ1) is 15.8. The molecule has 0 spiro atoms. The van der Waals surface area contributed by atoms with E-state index in [1.165, 1.54) is 0 Å². The van der Waals surface area contributed by atoms with Crippen molar-refractivity contribution in [3.8, 4) is 5.75 Å². The molecule has 8 nitrogen and oxygen atoms in total. The van der Waals surface area contributed by atoms with Crippen molar-refractivity contribution in [1.82, 2.24) is 0 Å². The minimum absolute atomic E-state index is 0.0457. The van der Waals surface area contributed by atoms with Gasteiger partial charge in [0.05, 0.1) is 16.9 Å². The molecule has 0 fully saturated rings. The highest BCUT2D eigenvalue weighted by Gasteiger charge is 2.08. The monoisotopic (exact) mass is 312 g/mol. The van der Waals surface area contributed by atoms with E-state index in [0.717, 1.165) is 0 Å². The lowest BCUT2D eigenvalue weighted by Crippen LogP contribution is -2.21. The van der Waals surface area contributed by atoms with Crippen LogP contribution in [-0.4, -0.2) is 17.9 Å². The number of carbonyl (C=O) groups is 1. The molecule has 0 radical (unpaired) electrons. The van der Waals surface area contributed by atoms with Crippen molar-refractivity contribution in [2.45, 2.75) is 0 Å². The van der Waals surface area contributed by atoms with Crippen molar-refractivity contribution < 1.29 is 9.53 Å². The van der Waals surface area contributed by atoms with E-state index >= 15 is 0 Å². The SMILES string of the molecule is NC(N)=Nc1ccc(OC(=O)c2ccc(N=C(N)N)cc2)cc1. The Bertz CT molecular complexity index is 743. The van der Waals surface area contributed by atoms with Gasteiger partial charge in [-0.15, -0.1) is 0 Å². The summed E-state index contributed by atoms with van der Waals surface area (Å²) in [5.74, 6) is -0.231. The molecule has 0 saturated heterocycles. The normalized spacial score (nSPS) is 9.74. The van der Waals surface area contributed by atoms with Gasteiger partial charge in [-0.25, -0.2) is 14.8 Å². The number of carbonyl (C=O) groups excluding carboxylic acids is 1. The van der Waals surface area contributed by atoms with Gasteiger partial charge < -0.3 is 27.7 Å². The first-order chi connectivity index (χ1) is 10.9. The van der Waals surface area contributed by atoms with E-state index in [0.29, 0.717) is 22.7 Å². The lowest BCUT2D eigenvalue weighted by atomic mass is 10.2. The van der Waals surface area contributed by atoms with Gasteiger partial charge in [0.25, 0.3) is 0 Å². The van der Waals surface area contributed by atoms with Gasteiger partial charge in [-0.1, -0.05) is 0 Å². The van der Waals surface area contributed by atoms with E-state index in [2.05, 4.69) is 9.98 Å². The summed E-state index contributed by atoms with van der Waals surface area (Å²) in [7, 11) is 0. The standard InChI is InChI=1S/C15H16N6O2/c16-14(17)20-10-3-1-9(2-4-10)13(22)23-12-7-5-11(6-8-12)21-15(18)19/h1-8H,(H4,16,17,20)(H4,18,19,21). The average molecular weight is 312 g/mol. The number of nitrogens with two attached hydrogens (primary N) is 4. The Kier molecular flexibility index (Phi) is 4.78. The van der Waals surface area contributed by atoms with Crippen molar-refractivity contribution in [2.24, 2.45) is 32.9 Å². The summed E-state index contributed by atoms with van der Waals surface area (Å²) in [6.45, 7) is 0. The Hall–Kier alpha value is -3.55. The number of hydrogen-bond acceptors (Lipinski definition) is 4. The second-order valence-electron chi connectivity index (χ2n) is 4.50. The van der Waals surface area contributed by atoms with Crippen LogP contribution in [0.3, 0.4) is 0 Å². The molecule has 0 aliphatic rings. The highest BCUT2D eigenvalue weighted by molar-refractivity contribution is 5.91. The summed E-state index contributed by atoms with van der Waals surface area (Å²) in [6.07, 6.45) is 0. The maximum atomic E-state index is 12.0. The lowest BCUT2D eigenvalue weighted by Gasteiger charge is -2.05. The third kappa shape index (κ3) is 4.74. The van der Waals surface area contributed by atoms with E-state index in [-0.39, 0.29) is 11.9 Å². The minimum atomic E-state index is -0.504. The number of guanidine groups is 2. The zero-order valence-corrected chi connectivity index (χ0v) is 12.1. The third-order valence-corrected chi connectivity index (χ3v) is 2.67. The summed E-state index contributed by atoms with van der Waals surface area (Å²) in [6, 6.07) is 12.8. The summed E-state index contributed by atoms with van der Waals surface area (Å²) in [5.41, 5.74) is 22.6. The first-order valence-electron chi connectivity index (χ1n) is 6.55. The Morgan fingerprint density at radius 3 is 1.61 bits per heavy atom. The van der Waals surface area contributed by atoms with Crippen LogP contribution in [0.5, 0.6) is 5.75 Å². The first-order valence-corrected chi connectivity index (χ1v) is 6.55. The fourth-order valence-electron chi connectivity index (χ4n) is 1.72. The number of aliphatic imine (C=N–C) groups is 2. The highest BCUT2D eigenvalue weighted by Crippen LogP contribution is 2.19. The number of ether oxygens (including phenoxy) is 1. The van der Waals surface area contributed by atoms with E-state index < -0.39 is 5.97 Å². The molecule has 0 bridgehead atoms. The molecule has 2 rings (SSSR count). The average Bonchev–Trinajstić information content (AvgIpc) is 2.49. The molecule has 0 aromatic heterocycles. The van der Waals surface area contributed by atoms with Crippen molar-refractivity contribution >= 4 is 29.3 Å². The molecule has 2 aromatic rings. The second kappa shape index (κ2) is 6.94. The van der Waals surface area contributed by atoms with Gasteiger partial charge >= 0.3 is 5.97 Å². The molecule has 23 heavy (non-hydrogen) atoms. The zero-order chi connectivity index (χ0) is 16.8. The van der Waals surface area contributed by atoms with Crippen LogP contribution in [0.25, 0.3) is 0 Å². The molecule has 0 heterocycles. The van der Waals surface area contributed by atoms with Crippen LogP contribution < -0.4 is 27.7 Å². The van der Waals surface area contributed by atoms with Crippen LogP contribution in [0.1, 0.15) is 10.4 Å². The van der Waals surface area contributed by atoms with Gasteiger partial charge in [0.2, 0.25) is 0 Å². The molecule has 0 aliphatic carbocycles. The van der Waals surface area contributed by atoms with E-state index in [1.807, 2.05) is 0 Å². The number of hydrogen-bond donors (Lipinski definition) is 4. The molecule has 2 aromatic carbocycles. The molecular formula is C15H16N6O2. The van der Waals surface area contributed by atoms with Crippen molar-refractivity contribution in [3.05, 3.63) is 54.1 Å². The molecular weight excluding hydrogens is 296 g/mol. The van der Waals surface area contributed by atoms with Crippen LogP contribution in [0.15, 0.2) is 58.5 Å². The Morgan fingerprint density at radius 2 is 1.17 bits per heavy atom. The summed E-state index contributed by atoms with van der Waals surface area (Å²) >= 11 is 0. The molecule has 0 unspecified atom stereocenters. The number of benzene rings is 2. The molecule has 118 valence electrons. The highest BCUT2D eigenvalue weighted by atomic mass is 16.5. The molecule has 0 saturated carbocycles. The van der Waals surface area contributed by atoms with Gasteiger partial charge in [0, 0.05) is 0 Å². The minimum Gasteiger partial charge on any atom is -0.423 e. The van der Waals surface area contributed by atoms with Crippen molar-refractivity contribution in [2.75, 3.05) is 0 Å². The fourth-order valence-corrected chi connectivity index (χ4v) is 1.72. The summed E-state index contributed by atoms with van der Waals surface area (Å²) in [4.78, 5) is 19.8. The van der Waals surface area contributed by atoms with Crippen LogP contribution in [0.4, 0.5) is 11.4 Å². The quantitative estimate of drug-likeness (QED) is 0.282.